The summed E-state index contributed by atoms with van der Waals surface area (Å²) in [6, 6.07) is 11.2. The number of hydroxylamine groups is 3. The Morgan fingerprint density at radius 1 is 1.15 bits per heavy atom. The zero-order valence-corrected chi connectivity index (χ0v) is 15.9. The van der Waals surface area contributed by atoms with Crippen molar-refractivity contribution in [3.8, 4) is 0 Å². The van der Waals surface area contributed by atoms with Crippen molar-refractivity contribution in [3.05, 3.63) is 57.4 Å². The Labute approximate surface area is 156 Å². The monoisotopic (exact) mass is 372 g/mol. The van der Waals surface area contributed by atoms with Gasteiger partial charge in [0.25, 0.3) is 0 Å². The minimum absolute atomic E-state index is 0.0407. The van der Waals surface area contributed by atoms with Crippen LogP contribution in [0.1, 0.15) is 19.4 Å². The van der Waals surface area contributed by atoms with E-state index < -0.39 is 0 Å². The molecule has 0 bridgehead atoms. The fourth-order valence-electron chi connectivity index (χ4n) is 3.16. The third kappa shape index (κ3) is 3.46. The van der Waals surface area contributed by atoms with Gasteiger partial charge in [0.15, 0.2) is 5.43 Å². The lowest BCUT2D eigenvalue weighted by atomic mass is 10.1. The van der Waals surface area contributed by atoms with Gasteiger partial charge in [-0.1, -0.05) is 18.2 Å². The lowest BCUT2D eigenvalue weighted by Gasteiger charge is -2.41. The average Bonchev–Trinajstić information content (AvgIpc) is 2.68. The molecule has 0 amide bonds. The summed E-state index contributed by atoms with van der Waals surface area (Å²) >= 11 is 1.51. The predicted molar refractivity (Wildman–Crippen MR) is 110 cm³/mol. The molecule has 0 fully saturated rings. The number of benzene rings is 2. The van der Waals surface area contributed by atoms with Crippen LogP contribution in [0.25, 0.3) is 20.2 Å². The fourth-order valence-corrected chi connectivity index (χ4v) is 4.37. The highest BCUT2D eigenvalue weighted by Crippen LogP contribution is 2.32. The second-order valence-corrected chi connectivity index (χ2v) is 7.45. The number of nitrogens with one attached hydrogen (secondary N) is 1. The van der Waals surface area contributed by atoms with Crippen molar-refractivity contribution >= 4 is 37.2 Å². The highest BCUT2D eigenvalue weighted by atomic mass is 32.1. The SMILES string of the molecule is CC[N+]([O-])(CC)CCNc1ccc(CO)c2sc3ccccc3c(=O)c12. The van der Waals surface area contributed by atoms with E-state index in [1.165, 1.54) is 11.3 Å². The number of hydrogen-bond donors (Lipinski definition) is 2. The van der Waals surface area contributed by atoms with Gasteiger partial charge in [0.05, 0.1) is 38.2 Å². The number of quaternary nitrogens is 1. The quantitative estimate of drug-likeness (QED) is 0.377. The molecule has 0 saturated heterocycles. The number of aliphatic hydroxyl groups excluding tert-OH is 1. The maximum Gasteiger partial charge on any atom is 0.197 e. The molecule has 0 atom stereocenters. The van der Waals surface area contributed by atoms with Gasteiger partial charge in [-0.3, -0.25) is 4.79 Å². The van der Waals surface area contributed by atoms with Crippen molar-refractivity contribution in [2.24, 2.45) is 0 Å². The van der Waals surface area contributed by atoms with Crippen LogP contribution in [-0.4, -0.2) is 35.9 Å². The third-order valence-corrected chi connectivity index (χ3v) is 6.21. The molecule has 0 aliphatic carbocycles. The Morgan fingerprint density at radius 2 is 1.88 bits per heavy atom. The van der Waals surface area contributed by atoms with Crippen molar-refractivity contribution in [2.75, 3.05) is 31.5 Å². The molecule has 0 unspecified atom stereocenters. The molecule has 138 valence electrons. The van der Waals surface area contributed by atoms with Crippen molar-refractivity contribution in [1.82, 2.24) is 0 Å². The van der Waals surface area contributed by atoms with Crippen molar-refractivity contribution in [2.45, 2.75) is 20.5 Å². The molecule has 3 aromatic rings. The van der Waals surface area contributed by atoms with E-state index in [9.17, 15) is 15.1 Å². The molecule has 3 rings (SSSR count). The maximum atomic E-state index is 13.1. The number of anilines is 1. The van der Waals surface area contributed by atoms with E-state index in [4.69, 9.17) is 0 Å². The smallest absolute Gasteiger partial charge is 0.197 e. The number of hydrogen-bond acceptors (Lipinski definition) is 5. The summed E-state index contributed by atoms with van der Waals surface area (Å²) in [5, 5.41) is 26.7. The zero-order chi connectivity index (χ0) is 18.7. The first kappa shape index (κ1) is 18.8. The molecule has 0 aliphatic heterocycles. The van der Waals surface area contributed by atoms with Gasteiger partial charge < -0.3 is 20.3 Å². The molecule has 0 spiro atoms. The van der Waals surface area contributed by atoms with Crippen LogP contribution in [0.5, 0.6) is 0 Å². The topological polar surface area (TPSA) is 72.4 Å². The van der Waals surface area contributed by atoms with Crippen LogP contribution in [0.15, 0.2) is 41.2 Å². The lowest BCUT2D eigenvalue weighted by Crippen LogP contribution is -2.44. The van der Waals surface area contributed by atoms with Gasteiger partial charge in [0.1, 0.15) is 0 Å². The van der Waals surface area contributed by atoms with Crippen LogP contribution in [-0.2, 0) is 6.61 Å². The summed E-state index contributed by atoms with van der Waals surface area (Å²) in [6.07, 6.45) is 0. The summed E-state index contributed by atoms with van der Waals surface area (Å²) in [7, 11) is 0. The first-order chi connectivity index (χ1) is 12.5. The minimum atomic E-state index is -0.255. The minimum Gasteiger partial charge on any atom is -0.633 e. The lowest BCUT2D eigenvalue weighted by molar-refractivity contribution is -0.875. The molecule has 0 radical (unpaired) electrons. The standard InChI is InChI=1S/C20H24N2O3S/c1-3-22(25,4-2)12-11-21-16-10-9-14(13-23)20-18(16)19(24)15-7-5-6-8-17(15)26-20/h5-10,21,23H,3-4,11-13H2,1-2H3. The van der Waals surface area contributed by atoms with E-state index in [0.717, 1.165) is 20.7 Å². The summed E-state index contributed by atoms with van der Waals surface area (Å²) in [5.41, 5.74) is 1.43. The van der Waals surface area contributed by atoms with Gasteiger partial charge in [-0.25, -0.2) is 0 Å². The molecule has 0 saturated carbocycles. The molecule has 26 heavy (non-hydrogen) atoms. The first-order valence-corrected chi connectivity index (χ1v) is 9.74. The predicted octanol–water partition coefficient (Wildman–Crippen LogP) is 3.67. The Kier molecular flexibility index (Phi) is 5.58. The van der Waals surface area contributed by atoms with E-state index in [0.29, 0.717) is 37.0 Å². The van der Waals surface area contributed by atoms with Gasteiger partial charge in [-0.2, -0.15) is 0 Å². The van der Waals surface area contributed by atoms with Gasteiger partial charge in [0, 0.05) is 20.5 Å². The molecule has 2 aromatic carbocycles. The van der Waals surface area contributed by atoms with Gasteiger partial charge in [-0.15, -0.1) is 11.3 Å². The second-order valence-electron chi connectivity index (χ2n) is 6.40. The average molecular weight is 372 g/mol. The van der Waals surface area contributed by atoms with E-state index in [1.54, 1.807) is 0 Å². The van der Waals surface area contributed by atoms with Gasteiger partial charge in [-0.05, 0) is 37.6 Å². The Morgan fingerprint density at radius 3 is 2.58 bits per heavy atom. The number of nitrogens with zero attached hydrogens (tertiary/aromatic N) is 1. The molecule has 1 heterocycles. The molecule has 1 aromatic heterocycles. The summed E-state index contributed by atoms with van der Waals surface area (Å²) in [6.45, 7) is 5.68. The molecule has 0 aliphatic rings. The fraction of sp³-hybridized carbons (Fsp3) is 0.350. The molecule has 6 heteroatoms. The molecular weight excluding hydrogens is 348 g/mol. The summed E-state index contributed by atoms with van der Waals surface area (Å²) in [5.74, 6) is 0. The Bertz CT molecular complexity index is 980. The highest BCUT2D eigenvalue weighted by molar-refractivity contribution is 7.24. The van der Waals surface area contributed by atoms with Crippen LogP contribution in [0.4, 0.5) is 5.69 Å². The van der Waals surface area contributed by atoms with Crippen LogP contribution in [0, 0.1) is 5.21 Å². The number of fused-ring (bicyclic) bond motifs is 2. The Balaban J connectivity index is 2.06. The largest absolute Gasteiger partial charge is 0.633 e. The summed E-state index contributed by atoms with van der Waals surface area (Å²) < 4.78 is 1.45. The molecular formula is C20H24N2O3S. The molecule has 2 N–H and O–H groups in total. The van der Waals surface area contributed by atoms with Crippen LogP contribution < -0.4 is 10.7 Å². The second kappa shape index (κ2) is 7.72. The van der Waals surface area contributed by atoms with Gasteiger partial charge >= 0.3 is 0 Å². The van der Waals surface area contributed by atoms with Crippen molar-refractivity contribution in [1.29, 1.82) is 0 Å². The highest BCUT2D eigenvalue weighted by Gasteiger charge is 2.15. The normalized spacial score (nSPS) is 12.0. The van der Waals surface area contributed by atoms with Crippen LogP contribution in [0.3, 0.4) is 0 Å². The molecule has 5 nitrogen and oxygen atoms in total. The summed E-state index contributed by atoms with van der Waals surface area (Å²) in [4.78, 5) is 13.1. The Hall–Kier alpha value is -1.99. The number of rotatable bonds is 7. The number of aliphatic hydroxyl groups is 1. The van der Waals surface area contributed by atoms with Crippen molar-refractivity contribution in [3.63, 3.8) is 0 Å². The first-order valence-electron chi connectivity index (χ1n) is 8.92. The third-order valence-electron chi connectivity index (χ3n) is 4.97. The number of likely N-dealkylation sites (N-methyl/N-ethyl adjacent to an activating group) is 1. The van der Waals surface area contributed by atoms with E-state index in [-0.39, 0.29) is 16.7 Å². The van der Waals surface area contributed by atoms with Gasteiger partial charge in [0.2, 0.25) is 0 Å². The maximum absolute atomic E-state index is 13.1. The zero-order valence-electron chi connectivity index (χ0n) is 15.1. The van der Waals surface area contributed by atoms with E-state index in [2.05, 4.69) is 5.32 Å². The van der Waals surface area contributed by atoms with Crippen LogP contribution in [0.2, 0.25) is 0 Å². The van der Waals surface area contributed by atoms with E-state index in [1.807, 2.05) is 50.2 Å². The van der Waals surface area contributed by atoms with Crippen molar-refractivity contribution < 1.29 is 9.75 Å². The van der Waals surface area contributed by atoms with E-state index >= 15 is 0 Å². The van der Waals surface area contributed by atoms with Crippen LogP contribution >= 0.6 is 11.3 Å².